The number of fused-ring (bicyclic) bond motifs is 1. The number of rotatable bonds is 4. The molecule has 0 N–H and O–H groups in total. The molecule has 0 aliphatic heterocycles. The minimum Gasteiger partial charge on any atom is -0.481 e. The molecule has 124 valence electrons. The summed E-state index contributed by atoms with van der Waals surface area (Å²) in [4.78, 5) is 8.85. The number of hydrogen-bond acceptors (Lipinski definition) is 4. The number of halogens is 2. The third-order valence-corrected chi connectivity index (χ3v) is 4.36. The molecular weight excluding hydrogens is 347 g/mol. The molecule has 3 rings (SSSR count). The van der Waals surface area contributed by atoms with Gasteiger partial charge < -0.3 is 9.15 Å². The molecule has 0 saturated carbocycles. The Labute approximate surface area is 150 Å². The molecule has 3 aromatic rings. The van der Waals surface area contributed by atoms with Gasteiger partial charge in [0, 0.05) is 17.3 Å². The predicted molar refractivity (Wildman–Crippen MR) is 97.9 cm³/mol. The number of aromatic nitrogens is 2. The first-order chi connectivity index (χ1) is 11.5. The number of hydrogen-bond donors (Lipinski definition) is 0. The van der Waals surface area contributed by atoms with Crippen LogP contribution in [0.15, 0.2) is 22.6 Å². The van der Waals surface area contributed by atoms with Gasteiger partial charge in [0.25, 0.3) is 0 Å². The maximum atomic E-state index is 6.13. The first kappa shape index (κ1) is 16.8. The van der Waals surface area contributed by atoms with Crippen LogP contribution in [0.5, 0.6) is 5.88 Å². The largest absolute Gasteiger partial charge is 0.481 e. The Morgan fingerprint density at radius 2 is 1.92 bits per heavy atom. The second-order valence-corrected chi connectivity index (χ2v) is 6.09. The Morgan fingerprint density at radius 3 is 2.58 bits per heavy atom. The normalized spacial score (nSPS) is 11.5. The molecule has 0 radical (unpaired) electrons. The Bertz CT molecular complexity index is 893. The van der Waals surface area contributed by atoms with Crippen LogP contribution in [-0.4, -0.2) is 17.1 Å². The molecule has 0 amide bonds. The first-order valence-corrected chi connectivity index (χ1v) is 8.26. The van der Waals surface area contributed by atoms with Crippen molar-refractivity contribution in [3.63, 3.8) is 0 Å². The molecule has 0 fully saturated rings. The topological polar surface area (TPSA) is 48.2 Å². The van der Waals surface area contributed by atoms with E-state index in [1.165, 1.54) is 5.56 Å². The zero-order valence-electron chi connectivity index (χ0n) is 13.6. The van der Waals surface area contributed by atoms with Crippen molar-refractivity contribution in [2.45, 2.75) is 20.3 Å². The van der Waals surface area contributed by atoms with Crippen molar-refractivity contribution in [3.05, 3.63) is 51.0 Å². The van der Waals surface area contributed by atoms with Gasteiger partial charge in [-0.1, -0.05) is 30.1 Å². The number of nitrogens with zero attached hydrogens (tertiary/aromatic N) is 2. The highest BCUT2D eigenvalue weighted by Crippen LogP contribution is 2.31. The Balaban J connectivity index is 2.02. The Kier molecular flexibility index (Phi) is 4.78. The average molecular weight is 363 g/mol. The molecule has 0 unspecified atom stereocenters. The lowest BCUT2D eigenvalue weighted by molar-refractivity contribution is 0.395. The zero-order valence-corrected chi connectivity index (χ0v) is 15.1. The van der Waals surface area contributed by atoms with Gasteiger partial charge in [-0.3, -0.25) is 0 Å². The van der Waals surface area contributed by atoms with Gasteiger partial charge in [-0.15, -0.1) is 0 Å². The van der Waals surface area contributed by atoms with E-state index in [0.717, 1.165) is 17.7 Å². The van der Waals surface area contributed by atoms with Crippen molar-refractivity contribution < 1.29 is 9.15 Å². The van der Waals surface area contributed by atoms with Gasteiger partial charge >= 0.3 is 0 Å². The molecular formula is C18H16Cl2N2O2. The number of oxazole rings is 1. The quantitative estimate of drug-likeness (QED) is 0.607. The summed E-state index contributed by atoms with van der Waals surface area (Å²) in [5, 5.41) is 0.977. The highest BCUT2D eigenvalue weighted by Gasteiger charge is 2.11. The third kappa shape index (κ3) is 3.12. The first-order valence-electron chi connectivity index (χ1n) is 7.50. The minimum atomic E-state index is 0.417. The van der Waals surface area contributed by atoms with Crippen LogP contribution < -0.4 is 4.74 Å². The van der Waals surface area contributed by atoms with Crippen LogP contribution in [0.2, 0.25) is 10.0 Å². The van der Waals surface area contributed by atoms with E-state index in [2.05, 4.69) is 23.0 Å². The standard InChI is InChI=1S/C18H16Cl2N2O2/c1-4-11-9-12(18(23-3)21-10(11)2)5-8-15-22-16-13(19)6-7-14(20)17(16)24-15/h5-9H,4H2,1-3H3/b8-5+. The van der Waals surface area contributed by atoms with Gasteiger partial charge in [0.2, 0.25) is 11.8 Å². The smallest absolute Gasteiger partial charge is 0.220 e. The number of methoxy groups -OCH3 is 1. The zero-order chi connectivity index (χ0) is 17.3. The van der Waals surface area contributed by atoms with Crippen molar-refractivity contribution in [2.75, 3.05) is 7.11 Å². The van der Waals surface area contributed by atoms with Gasteiger partial charge in [-0.05, 0) is 43.2 Å². The van der Waals surface area contributed by atoms with Crippen LogP contribution in [0.4, 0.5) is 0 Å². The molecule has 6 heteroatoms. The summed E-state index contributed by atoms with van der Waals surface area (Å²) in [6, 6.07) is 5.44. The SMILES string of the molecule is CCc1cc(/C=C/c2nc3c(Cl)ccc(Cl)c3o2)c(OC)nc1C. The van der Waals surface area contributed by atoms with Crippen molar-refractivity contribution in [1.29, 1.82) is 0 Å². The molecule has 1 aromatic carbocycles. The third-order valence-electron chi connectivity index (χ3n) is 3.75. The van der Waals surface area contributed by atoms with Crippen LogP contribution in [0.25, 0.3) is 23.3 Å². The fourth-order valence-corrected chi connectivity index (χ4v) is 2.86. The summed E-state index contributed by atoms with van der Waals surface area (Å²) in [5.74, 6) is 0.980. The second-order valence-electron chi connectivity index (χ2n) is 5.28. The van der Waals surface area contributed by atoms with Gasteiger partial charge in [0.15, 0.2) is 5.58 Å². The number of benzene rings is 1. The molecule has 0 bridgehead atoms. The molecule has 2 heterocycles. The van der Waals surface area contributed by atoms with E-state index in [4.69, 9.17) is 32.4 Å². The van der Waals surface area contributed by atoms with Crippen molar-refractivity contribution in [2.24, 2.45) is 0 Å². The van der Waals surface area contributed by atoms with Gasteiger partial charge in [-0.2, -0.15) is 0 Å². The maximum Gasteiger partial charge on any atom is 0.220 e. The van der Waals surface area contributed by atoms with Crippen LogP contribution >= 0.6 is 23.2 Å². The second kappa shape index (κ2) is 6.83. The highest BCUT2D eigenvalue weighted by atomic mass is 35.5. The van der Waals surface area contributed by atoms with E-state index in [1.54, 1.807) is 25.3 Å². The summed E-state index contributed by atoms with van der Waals surface area (Å²) in [5.41, 5.74) is 4.02. The van der Waals surface area contributed by atoms with Crippen LogP contribution in [0, 0.1) is 6.92 Å². The van der Waals surface area contributed by atoms with E-state index in [1.807, 2.05) is 13.0 Å². The molecule has 4 nitrogen and oxygen atoms in total. The molecule has 0 atom stereocenters. The molecule has 0 aliphatic rings. The van der Waals surface area contributed by atoms with Crippen LogP contribution in [0.1, 0.15) is 29.6 Å². The van der Waals surface area contributed by atoms with E-state index < -0.39 is 0 Å². The summed E-state index contributed by atoms with van der Waals surface area (Å²) in [7, 11) is 1.60. The van der Waals surface area contributed by atoms with Crippen molar-refractivity contribution in [3.8, 4) is 5.88 Å². The lowest BCUT2D eigenvalue weighted by atomic mass is 10.1. The molecule has 0 aliphatic carbocycles. The van der Waals surface area contributed by atoms with Gasteiger partial charge in [0.1, 0.15) is 5.52 Å². The number of aryl methyl sites for hydroxylation is 2. The average Bonchev–Trinajstić information content (AvgIpc) is 3.02. The molecule has 24 heavy (non-hydrogen) atoms. The molecule has 0 spiro atoms. The molecule has 2 aromatic heterocycles. The van der Waals surface area contributed by atoms with Crippen molar-refractivity contribution >= 4 is 46.5 Å². The van der Waals surface area contributed by atoms with Gasteiger partial charge in [-0.25, -0.2) is 9.97 Å². The van der Waals surface area contributed by atoms with E-state index in [9.17, 15) is 0 Å². The number of pyridine rings is 1. The summed E-state index contributed by atoms with van der Waals surface area (Å²) < 4.78 is 11.0. The Morgan fingerprint density at radius 1 is 1.17 bits per heavy atom. The fraction of sp³-hybridized carbons (Fsp3) is 0.222. The molecule has 0 saturated heterocycles. The van der Waals surface area contributed by atoms with Gasteiger partial charge in [0.05, 0.1) is 17.2 Å². The number of ether oxygens (including phenoxy) is 1. The van der Waals surface area contributed by atoms with Crippen LogP contribution in [-0.2, 0) is 6.42 Å². The lowest BCUT2D eigenvalue weighted by Gasteiger charge is -2.08. The van der Waals surface area contributed by atoms with E-state index >= 15 is 0 Å². The van der Waals surface area contributed by atoms with Crippen LogP contribution in [0.3, 0.4) is 0 Å². The Hall–Kier alpha value is -2.04. The monoisotopic (exact) mass is 362 g/mol. The predicted octanol–water partition coefficient (Wildman–Crippen LogP) is 5.58. The van der Waals surface area contributed by atoms with E-state index in [-0.39, 0.29) is 0 Å². The maximum absolute atomic E-state index is 6.13. The highest BCUT2D eigenvalue weighted by molar-refractivity contribution is 6.39. The minimum absolute atomic E-state index is 0.417. The van der Waals surface area contributed by atoms with Crippen molar-refractivity contribution in [1.82, 2.24) is 9.97 Å². The van der Waals surface area contributed by atoms with E-state index in [0.29, 0.717) is 32.9 Å². The fourth-order valence-electron chi connectivity index (χ4n) is 2.48. The lowest BCUT2D eigenvalue weighted by Crippen LogP contribution is -1.97. The summed E-state index contributed by atoms with van der Waals surface area (Å²) >= 11 is 12.2. The summed E-state index contributed by atoms with van der Waals surface area (Å²) in [6.07, 6.45) is 4.51. The summed E-state index contributed by atoms with van der Waals surface area (Å²) in [6.45, 7) is 4.06.